The lowest BCUT2D eigenvalue weighted by Gasteiger charge is -2.01. The maximum absolute atomic E-state index is 10.9. The minimum Gasteiger partial charge on any atom is -0.383 e. The summed E-state index contributed by atoms with van der Waals surface area (Å²) in [4.78, 5) is 18.5. The molecule has 0 aliphatic heterocycles. The summed E-state index contributed by atoms with van der Waals surface area (Å²) in [6.07, 6.45) is 1.33. The van der Waals surface area contributed by atoms with Crippen LogP contribution in [0.3, 0.4) is 0 Å². The number of nitrogen functional groups attached to an aromatic ring is 2. The van der Waals surface area contributed by atoms with Crippen molar-refractivity contribution in [3.63, 3.8) is 0 Å². The van der Waals surface area contributed by atoms with Gasteiger partial charge >= 0.3 is 0 Å². The Hall–Kier alpha value is -1.69. The van der Waals surface area contributed by atoms with Crippen molar-refractivity contribution in [1.82, 2.24) is 15.4 Å². The first-order valence-corrected chi connectivity index (χ1v) is 3.25. The summed E-state index contributed by atoms with van der Waals surface area (Å²) >= 11 is 0. The summed E-state index contributed by atoms with van der Waals surface area (Å²) in [5.41, 5.74) is 7.56. The molecule has 6 heteroatoms. The molecule has 1 aromatic heterocycles. The second kappa shape index (κ2) is 3.14. The zero-order valence-electron chi connectivity index (χ0n) is 6.53. The first-order chi connectivity index (χ1) is 5.65. The molecular weight excluding hydrogens is 158 g/mol. The molecule has 0 aliphatic rings. The first-order valence-electron chi connectivity index (χ1n) is 3.25. The largest absolute Gasteiger partial charge is 0.383 e. The van der Waals surface area contributed by atoms with Crippen LogP contribution in [0.1, 0.15) is 16.2 Å². The monoisotopic (exact) mass is 167 g/mol. The molecule has 0 aliphatic carbocycles. The lowest BCUT2D eigenvalue weighted by Crippen LogP contribution is -2.31. The highest BCUT2D eigenvalue weighted by molar-refractivity contribution is 5.97. The van der Waals surface area contributed by atoms with Crippen molar-refractivity contribution in [3.05, 3.63) is 17.6 Å². The minimum absolute atomic E-state index is 0.130. The standard InChI is InChI=1S/C6H9N5O/c1-3-9-2-4(5(7)10-3)6(12)11-8/h2H,8H2,1H3,(H,11,12)(H2,7,9,10). The predicted molar refractivity (Wildman–Crippen MR) is 42.8 cm³/mol. The van der Waals surface area contributed by atoms with E-state index >= 15 is 0 Å². The van der Waals surface area contributed by atoms with Crippen LogP contribution in [0.25, 0.3) is 0 Å². The third-order valence-electron chi connectivity index (χ3n) is 1.31. The van der Waals surface area contributed by atoms with Crippen molar-refractivity contribution >= 4 is 11.7 Å². The average molecular weight is 167 g/mol. The van der Waals surface area contributed by atoms with Gasteiger partial charge in [0.1, 0.15) is 17.2 Å². The van der Waals surface area contributed by atoms with Crippen LogP contribution < -0.4 is 17.0 Å². The molecule has 1 heterocycles. The fourth-order valence-electron chi connectivity index (χ4n) is 0.740. The Balaban J connectivity index is 3.09. The molecule has 5 N–H and O–H groups in total. The van der Waals surface area contributed by atoms with Gasteiger partial charge in [0.05, 0.1) is 0 Å². The third kappa shape index (κ3) is 1.48. The van der Waals surface area contributed by atoms with Gasteiger partial charge in [0.25, 0.3) is 5.91 Å². The van der Waals surface area contributed by atoms with E-state index in [9.17, 15) is 4.79 Å². The third-order valence-corrected chi connectivity index (χ3v) is 1.31. The number of hydrazine groups is 1. The van der Waals surface area contributed by atoms with Gasteiger partial charge in [-0.15, -0.1) is 0 Å². The van der Waals surface area contributed by atoms with Gasteiger partial charge in [-0.25, -0.2) is 15.8 Å². The van der Waals surface area contributed by atoms with E-state index in [1.54, 1.807) is 6.92 Å². The summed E-state index contributed by atoms with van der Waals surface area (Å²) in [6, 6.07) is 0. The number of anilines is 1. The number of rotatable bonds is 1. The molecule has 1 aromatic rings. The first kappa shape index (κ1) is 8.41. The summed E-state index contributed by atoms with van der Waals surface area (Å²) in [5, 5.41) is 0. The second-order valence-corrected chi connectivity index (χ2v) is 2.19. The Morgan fingerprint density at radius 2 is 2.33 bits per heavy atom. The highest BCUT2D eigenvalue weighted by atomic mass is 16.2. The van der Waals surface area contributed by atoms with Crippen molar-refractivity contribution < 1.29 is 4.79 Å². The molecule has 0 aromatic carbocycles. The van der Waals surface area contributed by atoms with Crippen LogP contribution in [0, 0.1) is 6.92 Å². The van der Waals surface area contributed by atoms with E-state index in [1.165, 1.54) is 6.20 Å². The number of hydrogen-bond donors (Lipinski definition) is 3. The lowest BCUT2D eigenvalue weighted by atomic mass is 10.3. The van der Waals surface area contributed by atoms with Crippen molar-refractivity contribution in [2.24, 2.45) is 5.84 Å². The number of carbonyl (C=O) groups is 1. The zero-order chi connectivity index (χ0) is 9.14. The Morgan fingerprint density at radius 3 is 2.83 bits per heavy atom. The van der Waals surface area contributed by atoms with Crippen molar-refractivity contribution in [3.8, 4) is 0 Å². The highest BCUT2D eigenvalue weighted by Gasteiger charge is 2.09. The van der Waals surface area contributed by atoms with Crippen molar-refractivity contribution in [2.75, 3.05) is 5.73 Å². The predicted octanol–water partition coefficient (Wildman–Crippen LogP) is -1.03. The summed E-state index contributed by atoms with van der Waals surface area (Å²) in [7, 11) is 0. The number of hydrogen-bond acceptors (Lipinski definition) is 5. The van der Waals surface area contributed by atoms with Crippen LogP contribution in [-0.4, -0.2) is 15.9 Å². The van der Waals surface area contributed by atoms with E-state index in [-0.39, 0.29) is 11.4 Å². The topological polar surface area (TPSA) is 107 Å². The number of nitrogens with two attached hydrogens (primary N) is 2. The summed E-state index contributed by atoms with van der Waals surface area (Å²) < 4.78 is 0. The number of amides is 1. The zero-order valence-corrected chi connectivity index (χ0v) is 6.53. The van der Waals surface area contributed by atoms with E-state index in [4.69, 9.17) is 11.6 Å². The van der Waals surface area contributed by atoms with Gasteiger partial charge in [0.2, 0.25) is 0 Å². The number of nitrogens with one attached hydrogen (secondary N) is 1. The quantitative estimate of drug-likeness (QED) is 0.281. The van der Waals surface area contributed by atoms with E-state index in [0.29, 0.717) is 5.82 Å². The maximum Gasteiger partial charge on any atom is 0.270 e. The molecule has 0 bridgehead atoms. The van der Waals surface area contributed by atoms with Gasteiger partial charge in [-0.1, -0.05) is 0 Å². The molecule has 0 fully saturated rings. The fraction of sp³-hybridized carbons (Fsp3) is 0.167. The van der Waals surface area contributed by atoms with Crippen LogP contribution in [0.4, 0.5) is 5.82 Å². The Bertz CT molecular complexity index is 311. The molecular formula is C6H9N5O. The molecule has 0 atom stereocenters. The second-order valence-electron chi connectivity index (χ2n) is 2.19. The van der Waals surface area contributed by atoms with Crippen LogP contribution in [0.2, 0.25) is 0 Å². The molecule has 1 amide bonds. The molecule has 6 nitrogen and oxygen atoms in total. The van der Waals surface area contributed by atoms with E-state index in [2.05, 4.69) is 9.97 Å². The van der Waals surface area contributed by atoms with Crippen LogP contribution in [0.15, 0.2) is 6.20 Å². The van der Waals surface area contributed by atoms with Crippen LogP contribution >= 0.6 is 0 Å². The van der Waals surface area contributed by atoms with Crippen molar-refractivity contribution in [1.29, 1.82) is 0 Å². The average Bonchev–Trinajstić information content (AvgIpc) is 2.03. The molecule has 0 saturated carbocycles. The number of aromatic nitrogens is 2. The van der Waals surface area contributed by atoms with E-state index in [0.717, 1.165) is 0 Å². The minimum atomic E-state index is -0.493. The molecule has 0 radical (unpaired) electrons. The molecule has 1 rings (SSSR count). The summed E-state index contributed by atoms with van der Waals surface area (Å²) in [6.45, 7) is 1.68. The Kier molecular flexibility index (Phi) is 2.20. The molecule has 64 valence electrons. The normalized spacial score (nSPS) is 9.50. The van der Waals surface area contributed by atoms with Gasteiger partial charge in [-0.3, -0.25) is 10.2 Å². The fourth-order valence-corrected chi connectivity index (χ4v) is 0.740. The number of aryl methyl sites for hydroxylation is 1. The molecule has 12 heavy (non-hydrogen) atoms. The molecule has 0 unspecified atom stereocenters. The summed E-state index contributed by atoms with van der Waals surface area (Å²) in [5.74, 6) is 5.05. The Labute approximate surface area is 69.0 Å². The number of nitrogens with zero attached hydrogens (tertiary/aromatic N) is 2. The van der Waals surface area contributed by atoms with Gasteiger partial charge in [-0.2, -0.15) is 0 Å². The molecule has 0 spiro atoms. The van der Waals surface area contributed by atoms with E-state index in [1.807, 2.05) is 5.43 Å². The SMILES string of the molecule is Cc1ncc(C(=O)NN)c(N)n1. The highest BCUT2D eigenvalue weighted by Crippen LogP contribution is 2.05. The van der Waals surface area contributed by atoms with Crippen LogP contribution in [0.5, 0.6) is 0 Å². The van der Waals surface area contributed by atoms with Crippen LogP contribution in [-0.2, 0) is 0 Å². The van der Waals surface area contributed by atoms with Gasteiger partial charge in [-0.05, 0) is 6.92 Å². The number of carbonyl (C=O) groups excluding carboxylic acids is 1. The molecule has 0 saturated heterocycles. The Morgan fingerprint density at radius 1 is 1.67 bits per heavy atom. The maximum atomic E-state index is 10.9. The van der Waals surface area contributed by atoms with Gasteiger partial charge in [0, 0.05) is 6.20 Å². The van der Waals surface area contributed by atoms with E-state index < -0.39 is 5.91 Å². The smallest absolute Gasteiger partial charge is 0.270 e. The lowest BCUT2D eigenvalue weighted by molar-refractivity contribution is 0.0954. The van der Waals surface area contributed by atoms with Gasteiger partial charge in [0.15, 0.2) is 0 Å². The van der Waals surface area contributed by atoms with Crippen molar-refractivity contribution in [2.45, 2.75) is 6.92 Å². The van der Waals surface area contributed by atoms with Gasteiger partial charge < -0.3 is 5.73 Å².